The standard InChI is InChI=1S/C28H35N7O/c1-19-28(31-23-14-8-7-13-22(23)29-19)24-16-26-32-25(34-15-9-12-21(34)18-36-2)17-27(35(26)33-24)30-20-10-5-3-4-6-11-20/h7-8,13-14,16-17,20-21,30H,3-6,9-12,15,18H2,1-2H3/t21-/m0/s1. The summed E-state index contributed by atoms with van der Waals surface area (Å²) in [6.07, 6.45) is 9.87. The van der Waals surface area contributed by atoms with Crippen molar-refractivity contribution in [3.8, 4) is 11.4 Å². The molecule has 2 aliphatic rings. The normalized spacial score (nSPS) is 19.3. The zero-order valence-electron chi connectivity index (χ0n) is 21.3. The Morgan fingerprint density at radius 3 is 2.50 bits per heavy atom. The number of rotatable bonds is 6. The predicted molar refractivity (Wildman–Crippen MR) is 144 cm³/mol. The second-order valence-corrected chi connectivity index (χ2v) is 10.2. The van der Waals surface area contributed by atoms with Gasteiger partial charge in [0.05, 0.1) is 29.4 Å². The number of benzene rings is 1. The zero-order chi connectivity index (χ0) is 24.5. The Labute approximate surface area is 212 Å². The second kappa shape index (κ2) is 10.0. The van der Waals surface area contributed by atoms with E-state index in [0.29, 0.717) is 18.7 Å². The van der Waals surface area contributed by atoms with Gasteiger partial charge in [-0.2, -0.15) is 9.61 Å². The molecule has 4 aromatic rings. The Morgan fingerprint density at radius 2 is 1.72 bits per heavy atom. The third-order valence-electron chi connectivity index (χ3n) is 7.64. The molecule has 2 fully saturated rings. The molecule has 8 heteroatoms. The molecule has 0 unspecified atom stereocenters. The first kappa shape index (κ1) is 23.2. The van der Waals surface area contributed by atoms with E-state index >= 15 is 0 Å². The van der Waals surface area contributed by atoms with Crippen molar-refractivity contribution in [3.63, 3.8) is 0 Å². The van der Waals surface area contributed by atoms with Crippen molar-refractivity contribution in [2.24, 2.45) is 0 Å². The number of fused-ring (bicyclic) bond motifs is 2. The van der Waals surface area contributed by atoms with Crippen LogP contribution in [0, 0.1) is 6.92 Å². The number of nitrogens with zero attached hydrogens (tertiary/aromatic N) is 6. The lowest BCUT2D eigenvalue weighted by atomic mass is 10.1. The van der Waals surface area contributed by atoms with Gasteiger partial charge in [-0.15, -0.1) is 0 Å². The smallest absolute Gasteiger partial charge is 0.160 e. The number of hydrogen-bond acceptors (Lipinski definition) is 7. The topological polar surface area (TPSA) is 80.5 Å². The van der Waals surface area contributed by atoms with Gasteiger partial charge in [-0.25, -0.2) is 15.0 Å². The monoisotopic (exact) mass is 485 g/mol. The van der Waals surface area contributed by atoms with Crippen LogP contribution in [0.1, 0.15) is 57.1 Å². The van der Waals surface area contributed by atoms with Crippen LogP contribution >= 0.6 is 0 Å². The van der Waals surface area contributed by atoms with Crippen molar-refractivity contribution >= 4 is 28.3 Å². The number of methoxy groups -OCH3 is 1. The molecular formula is C28H35N7O. The van der Waals surface area contributed by atoms with Crippen LogP contribution in [-0.2, 0) is 4.74 Å². The summed E-state index contributed by atoms with van der Waals surface area (Å²) in [5.41, 5.74) is 5.08. The van der Waals surface area contributed by atoms with E-state index in [4.69, 9.17) is 24.8 Å². The molecule has 36 heavy (non-hydrogen) atoms. The van der Waals surface area contributed by atoms with Crippen LogP contribution in [-0.4, -0.2) is 56.9 Å². The third kappa shape index (κ3) is 4.50. The Balaban J connectivity index is 1.44. The number of aromatic nitrogens is 5. The summed E-state index contributed by atoms with van der Waals surface area (Å²) in [5.74, 6) is 1.99. The molecule has 0 bridgehead atoms. The van der Waals surface area contributed by atoms with E-state index in [1.807, 2.05) is 35.7 Å². The van der Waals surface area contributed by atoms with Gasteiger partial charge in [0.2, 0.25) is 0 Å². The highest BCUT2D eigenvalue weighted by Gasteiger charge is 2.27. The summed E-state index contributed by atoms with van der Waals surface area (Å²) >= 11 is 0. The number of aryl methyl sites for hydroxylation is 1. The maximum atomic E-state index is 5.52. The molecule has 0 radical (unpaired) electrons. The van der Waals surface area contributed by atoms with E-state index in [1.54, 1.807) is 7.11 Å². The van der Waals surface area contributed by atoms with Crippen molar-refractivity contribution in [1.29, 1.82) is 0 Å². The number of ether oxygens (including phenoxy) is 1. The summed E-state index contributed by atoms with van der Waals surface area (Å²) < 4.78 is 7.48. The molecule has 1 aliphatic carbocycles. The minimum Gasteiger partial charge on any atom is -0.383 e. The van der Waals surface area contributed by atoms with Gasteiger partial charge in [0.25, 0.3) is 0 Å². The SMILES string of the molecule is COC[C@@H]1CCCN1c1cc(NC2CCCCCC2)n2nc(-c3nc4ccccc4nc3C)cc2n1. The van der Waals surface area contributed by atoms with E-state index in [9.17, 15) is 0 Å². The van der Waals surface area contributed by atoms with Crippen LogP contribution in [0.5, 0.6) is 0 Å². The van der Waals surface area contributed by atoms with E-state index < -0.39 is 0 Å². The van der Waals surface area contributed by atoms with E-state index in [1.165, 1.54) is 38.5 Å². The maximum Gasteiger partial charge on any atom is 0.160 e. The second-order valence-electron chi connectivity index (χ2n) is 10.2. The number of nitrogens with one attached hydrogen (secondary N) is 1. The molecule has 4 heterocycles. The fourth-order valence-corrected chi connectivity index (χ4v) is 5.79. The van der Waals surface area contributed by atoms with Gasteiger partial charge in [-0.05, 0) is 44.7 Å². The highest BCUT2D eigenvalue weighted by Crippen LogP contribution is 2.31. The number of anilines is 2. The first-order chi connectivity index (χ1) is 17.7. The highest BCUT2D eigenvalue weighted by atomic mass is 16.5. The first-order valence-corrected chi connectivity index (χ1v) is 13.4. The lowest BCUT2D eigenvalue weighted by Crippen LogP contribution is -2.33. The van der Waals surface area contributed by atoms with Gasteiger partial charge in [-0.1, -0.05) is 37.8 Å². The molecule has 1 N–H and O–H groups in total. The van der Waals surface area contributed by atoms with E-state index in [-0.39, 0.29) is 0 Å². The third-order valence-corrected chi connectivity index (χ3v) is 7.64. The minimum atomic E-state index is 0.353. The molecule has 1 aromatic carbocycles. The van der Waals surface area contributed by atoms with Crippen LogP contribution in [0.25, 0.3) is 28.1 Å². The predicted octanol–water partition coefficient (Wildman–Crippen LogP) is 5.40. The van der Waals surface area contributed by atoms with E-state index in [0.717, 1.165) is 64.8 Å². The molecule has 0 spiro atoms. The first-order valence-electron chi connectivity index (χ1n) is 13.4. The van der Waals surface area contributed by atoms with Crippen molar-refractivity contribution in [3.05, 3.63) is 42.1 Å². The maximum absolute atomic E-state index is 5.52. The Morgan fingerprint density at radius 1 is 0.944 bits per heavy atom. The van der Waals surface area contributed by atoms with Gasteiger partial charge in [0.15, 0.2) is 5.65 Å². The average molecular weight is 486 g/mol. The largest absolute Gasteiger partial charge is 0.383 e. The van der Waals surface area contributed by atoms with E-state index in [2.05, 4.69) is 22.3 Å². The van der Waals surface area contributed by atoms with Crippen molar-refractivity contribution < 1.29 is 4.74 Å². The van der Waals surface area contributed by atoms with Crippen molar-refractivity contribution in [2.45, 2.75) is 70.4 Å². The fraction of sp³-hybridized carbons (Fsp3) is 0.500. The van der Waals surface area contributed by atoms with Gasteiger partial charge in [-0.3, -0.25) is 0 Å². The molecule has 1 aliphatic heterocycles. The number of para-hydroxylation sites is 2. The molecule has 1 saturated carbocycles. The summed E-state index contributed by atoms with van der Waals surface area (Å²) in [6, 6.07) is 13.0. The Hall–Kier alpha value is -3.26. The summed E-state index contributed by atoms with van der Waals surface area (Å²) in [5, 5.41) is 8.86. The molecule has 1 atom stereocenters. The van der Waals surface area contributed by atoms with Gasteiger partial charge < -0.3 is 15.0 Å². The quantitative estimate of drug-likeness (QED) is 0.366. The van der Waals surface area contributed by atoms with Gasteiger partial charge in [0.1, 0.15) is 23.0 Å². The fourth-order valence-electron chi connectivity index (χ4n) is 5.79. The van der Waals surface area contributed by atoms with Crippen LogP contribution in [0.3, 0.4) is 0 Å². The minimum absolute atomic E-state index is 0.353. The van der Waals surface area contributed by atoms with Crippen LogP contribution in [0.2, 0.25) is 0 Å². The van der Waals surface area contributed by atoms with Gasteiger partial charge in [0, 0.05) is 31.8 Å². The van der Waals surface area contributed by atoms with Crippen molar-refractivity contribution in [1.82, 2.24) is 24.6 Å². The molecule has 3 aromatic heterocycles. The van der Waals surface area contributed by atoms with Gasteiger partial charge >= 0.3 is 0 Å². The average Bonchev–Trinajstić information content (AvgIpc) is 3.44. The van der Waals surface area contributed by atoms with Crippen LogP contribution in [0.15, 0.2) is 36.4 Å². The molecule has 188 valence electrons. The summed E-state index contributed by atoms with van der Waals surface area (Å²) in [7, 11) is 1.78. The molecule has 6 rings (SSSR count). The zero-order valence-corrected chi connectivity index (χ0v) is 21.3. The Kier molecular flexibility index (Phi) is 6.44. The molecule has 0 amide bonds. The molecule has 8 nitrogen and oxygen atoms in total. The summed E-state index contributed by atoms with van der Waals surface area (Å²) in [6.45, 7) is 3.72. The molecular weight excluding hydrogens is 450 g/mol. The summed E-state index contributed by atoms with van der Waals surface area (Å²) in [4.78, 5) is 17.2. The molecule has 1 saturated heterocycles. The lowest BCUT2D eigenvalue weighted by molar-refractivity contribution is 0.180. The van der Waals surface area contributed by atoms with Crippen LogP contribution in [0.4, 0.5) is 11.6 Å². The number of hydrogen-bond donors (Lipinski definition) is 1. The van der Waals surface area contributed by atoms with Crippen molar-refractivity contribution in [2.75, 3.05) is 30.5 Å². The lowest BCUT2D eigenvalue weighted by Gasteiger charge is -2.26. The van der Waals surface area contributed by atoms with Crippen LogP contribution < -0.4 is 10.2 Å². The highest BCUT2D eigenvalue weighted by molar-refractivity contribution is 5.78. The Bertz CT molecular complexity index is 1360.